The van der Waals surface area contributed by atoms with Crippen LogP contribution in [0.15, 0.2) is 48.5 Å². The average Bonchev–Trinajstić information content (AvgIpc) is 2.39. The molecule has 0 radical (unpaired) electrons. The average molecular weight is 313 g/mol. The Morgan fingerprint density at radius 1 is 1.05 bits per heavy atom. The van der Waals surface area contributed by atoms with Crippen LogP contribution in [0.25, 0.3) is 0 Å². The second kappa shape index (κ2) is 6.15. The Kier molecular flexibility index (Phi) is 4.52. The number of ether oxygens (including phenoxy) is 1. The van der Waals surface area contributed by atoms with E-state index in [2.05, 4.69) is 0 Å². The molecule has 0 fully saturated rings. The third-order valence-corrected chi connectivity index (χ3v) is 3.61. The van der Waals surface area contributed by atoms with Gasteiger partial charge in [-0.2, -0.15) is 0 Å². The largest absolute Gasteiger partial charge is 0.504 e. The van der Waals surface area contributed by atoms with Gasteiger partial charge in [0.05, 0.1) is 5.75 Å². The zero-order chi connectivity index (χ0) is 14.6. The maximum absolute atomic E-state index is 11.0. The van der Waals surface area contributed by atoms with Crippen molar-refractivity contribution >= 4 is 19.7 Å². The molecule has 0 saturated carbocycles. The molecule has 2 aromatic rings. The van der Waals surface area contributed by atoms with Crippen molar-refractivity contribution in [1.82, 2.24) is 0 Å². The van der Waals surface area contributed by atoms with Gasteiger partial charge in [0.2, 0.25) is 9.05 Å². The number of aromatic hydroxyl groups is 1. The second-order valence-corrected chi connectivity index (χ2v) is 7.04. The standard InChI is InChI=1S/C14H13ClO4S/c15-20(17,18)10-12-6-7-13(16)14(8-12)19-9-11-4-2-1-3-5-11/h1-8,16H,9-10H2. The lowest BCUT2D eigenvalue weighted by molar-refractivity contribution is 0.289. The molecule has 0 amide bonds. The molecule has 0 aromatic heterocycles. The molecular weight excluding hydrogens is 300 g/mol. The summed E-state index contributed by atoms with van der Waals surface area (Å²) in [5.41, 5.74) is 1.41. The predicted octanol–water partition coefficient (Wildman–Crippen LogP) is 3.04. The molecule has 0 unspecified atom stereocenters. The van der Waals surface area contributed by atoms with Crippen LogP contribution in [0.2, 0.25) is 0 Å². The Labute approximate surface area is 122 Å². The lowest BCUT2D eigenvalue weighted by Crippen LogP contribution is -1.98. The highest BCUT2D eigenvalue weighted by Gasteiger charge is 2.10. The molecule has 0 aliphatic rings. The molecule has 0 aliphatic heterocycles. The summed E-state index contributed by atoms with van der Waals surface area (Å²) in [5, 5.41) is 9.70. The van der Waals surface area contributed by atoms with Gasteiger partial charge in [-0.3, -0.25) is 0 Å². The summed E-state index contributed by atoms with van der Waals surface area (Å²) in [4.78, 5) is 0. The van der Waals surface area contributed by atoms with E-state index in [-0.39, 0.29) is 23.9 Å². The van der Waals surface area contributed by atoms with E-state index in [1.54, 1.807) is 0 Å². The summed E-state index contributed by atoms with van der Waals surface area (Å²) < 4.78 is 27.6. The normalized spacial score (nSPS) is 11.2. The van der Waals surface area contributed by atoms with Gasteiger partial charge in [-0.1, -0.05) is 36.4 Å². The van der Waals surface area contributed by atoms with E-state index in [1.165, 1.54) is 18.2 Å². The van der Waals surface area contributed by atoms with Gasteiger partial charge in [0, 0.05) is 10.7 Å². The molecule has 0 saturated heterocycles. The number of benzene rings is 2. The predicted molar refractivity (Wildman–Crippen MR) is 77.4 cm³/mol. The van der Waals surface area contributed by atoms with Crippen LogP contribution in [-0.2, 0) is 21.4 Å². The summed E-state index contributed by atoms with van der Waals surface area (Å²) in [6, 6.07) is 13.8. The molecule has 2 rings (SSSR count). The lowest BCUT2D eigenvalue weighted by Gasteiger charge is -2.09. The molecule has 2 aromatic carbocycles. The summed E-state index contributed by atoms with van der Waals surface area (Å²) in [5.74, 6) is -0.125. The molecule has 0 spiro atoms. The van der Waals surface area contributed by atoms with Crippen LogP contribution in [0.4, 0.5) is 0 Å². The van der Waals surface area contributed by atoms with Gasteiger partial charge in [0.25, 0.3) is 0 Å². The molecule has 106 valence electrons. The fourth-order valence-corrected chi connectivity index (χ4v) is 2.65. The lowest BCUT2D eigenvalue weighted by atomic mass is 10.2. The van der Waals surface area contributed by atoms with Gasteiger partial charge in [0.1, 0.15) is 6.61 Å². The van der Waals surface area contributed by atoms with Gasteiger partial charge >= 0.3 is 0 Å². The van der Waals surface area contributed by atoms with Crippen LogP contribution in [0.5, 0.6) is 11.5 Å². The first-order valence-corrected chi connectivity index (χ1v) is 8.33. The van der Waals surface area contributed by atoms with Crippen molar-refractivity contribution < 1.29 is 18.3 Å². The molecule has 0 atom stereocenters. The fourth-order valence-electron chi connectivity index (χ4n) is 1.70. The topological polar surface area (TPSA) is 63.6 Å². The van der Waals surface area contributed by atoms with Crippen molar-refractivity contribution in [3.05, 3.63) is 59.7 Å². The Morgan fingerprint density at radius 3 is 2.40 bits per heavy atom. The Bertz CT molecular complexity index is 684. The highest BCUT2D eigenvalue weighted by atomic mass is 35.7. The monoisotopic (exact) mass is 312 g/mol. The highest BCUT2D eigenvalue weighted by molar-refractivity contribution is 8.13. The zero-order valence-corrected chi connectivity index (χ0v) is 12.1. The Morgan fingerprint density at radius 2 is 1.75 bits per heavy atom. The first-order chi connectivity index (χ1) is 9.44. The third-order valence-electron chi connectivity index (χ3n) is 2.60. The van der Waals surface area contributed by atoms with Crippen molar-refractivity contribution in [3.63, 3.8) is 0 Å². The van der Waals surface area contributed by atoms with Crippen molar-refractivity contribution in [1.29, 1.82) is 0 Å². The fraction of sp³-hybridized carbons (Fsp3) is 0.143. The van der Waals surface area contributed by atoms with Crippen LogP contribution >= 0.6 is 10.7 Å². The Hall–Kier alpha value is -1.72. The maximum atomic E-state index is 11.0. The molecule has 20 heavy (non-hydrogen) atoms. The first-order valence-electron chi connectivity index (χ1n) is 5.85. The van der Waals surface area contributed by atoms with Crippen LogP contribution in [0.3, 0.4) is 0 Å². The summed E-state index contributed by atoms with van der Waals surface area (Å²) in [6.45, 7) is 0.283. The van der Waals surface area contributed by atoms with Crippen molar-refractivity contribution in [2.45, 2.75) is 12.4 Å². The number of phenols is 1. The highest BCUT2D eigenvalue weighted by Crippen LogP contribution is 2.28. The number of hydrogen-bond donors (Lipinski definition) is 1. The number of hydrogen-bond acceptors (Lipinski definition) is 4. The molecule has 6 heteroatoms. The smallest absolute Gasteiger partial charge is 0.236 e. The zero-order valence-electron chi connectivity index (χ0n) is 10.5. The maximum Gasteiger partial charge on any atom is 0.236 e. The van der Waals surface area contributed by atoms with Crippen molar-refractivity contribution in [2.24, 2.45) is 0 Å². The molecule has 4 nitrogen and oxygen atoms in total. The van der Waals surface area contributed by atoms with E-state index in [4.69, 9.17) is 15.4 Å². The van der Waals surface area contributed by atoms with Crippen LogP contribution < -0.4 is 4.74 Å². The summed E-state index contributed by atoms with van der Waals surface area (Å²) in [7, 11) is 1.56. The van der Waals surface area contributed by atoms with Crippen LogP contribution in [0, 0.1) is 0 Å². The van der Waals surface area contributed by atoms with Gasteiger partial charge in [-0.05, 0) is 23.3 Å². The van der Waals surface area contributed by atoms with E-state index >= 15 is 0 Å². The molecule has 0 bridgehead atoms. The van der Waals surface area contributed by atoms with Crippen molar-refractivity contribution in [2.75, 3.05) is 0 Å². The van der Waals surface area contributed by atoms with E-state index in [9.17, 15) is 13.5 Å². The SMILES string of the molecule is O=S(=O)(Cl)Cc1ccc(O)c(OCc2ccccc2)c1. The van der Waals surface area contributed by atoms with Gasteiger partial charge in [-0.25, -0.2) is 8.42 Å². The van der Waals surface area contributed by atoms with Gasteiger partial charge in [0.15, 0.2) is 11.5 Å². The minimum atomic E-state index is -3.64. The summed E-state index contributed by atoms with van der Waals surface area (Å²) in [6.07, 6.45) is 0. The number of phenolic OH excluding ortho intramolecular Hbond substituents is 1. The van der Waals surface area contributed by atoms with E-state index in [0.717, 1.165) is 5.56 Å². The third kappa shape index (κ3) is 4.43. The minimum Gasteiger partial charge on any atom is -0.504 e. The van der Waals surface area contributed by atoms with E-state index < -0.39 is 9.05 Å². The number of rotatable bonds is 5. The Balaban J connectivity index is 2.13. The molecule has 0 aliphatic carbocycles. The van der Waals surface area contributed by atoms with E-state index in [1.807, 2.05) is 30.3 Å². The molecule has 1 N–H and O–H groups in total. The van der Waals surface area contributed by atoms with Gasteiger partial charge < -0.3 is 9.84 Å². The molecule has 0 heterocycles. The van der Waals surface area contributed by atoms with Crippen molar-refractivity contribution in [3.8, 4) is 11.5 Å². The van der Waals surface area contributed by atoms with Crippen LogP contribution in [0.1, 0.15) is 11.1 Å². The van der Waals surface area contributed by atoms with E-state index in [0.29, 0.717) is 5.56 Å². The second-order valence-electron chi connectivity index (χ2n) is 4.26. The molecular formula is C14H13ClO4S. The number of halogens is 1. The van der Waals surface area contributed by atoms with Crippen LogP contribution in [-0.4, -0.2) is 13.5 Å². The summed E-state index contributed by atoms with van der Waals surface area (Å²) >= 11 is 0. The van der Waals surface area contributed by atoms with Gasteiger partial charge in [-0.15, -0.1) is 0 Å². The quantitative estimate of drug-likeness (QED) is 0.862. The first kappa shape index (κ1) is 14.7. The minimum absolute atomic E-state index is 0.0448.